The van der Waals surface area contributed by atoms with Crippen molar-refractivity contribution >= 4 is 10.0 Å². The molecular weight excluding hydrogens is 238 g/mol. The van der Waals surface area contributed by atoms with Crippen LogP contribution in [0.4, 0.5) is 0 Å². The van der Waals surface area contributed by atoms with E-state index in [1.54, 1.807) is 6.92 Å². The maximum absolute atomic E-state index is 11.5. The summed E-state index contributed by atoms with van der Waals surface area (Å²) in [6, 6.07) is 0.0549. The van der Waals surface area contributed by atoms with Crippen LogP contribution in [0.1, 0.15) is 46.5 Å². The molecule has 0 aromatic heterocycles. The molecule has 0 amide bonds. The van der Waals surface area contributed by atoms with E-state index in [-0.39, 0.29) is 17.9 Å². The first-order valence-electron chi connectivity index (χ1n) is 6.64. The van der Waals surface area contributed by atoms with Crippen LogP contribution in [0.2, 0.25) is 0 Å². The van der Waals surface area contributed by atoms with E-state index in [1.165, 1.54) is 0 Å². The first-order chi connectivity index (χ1) is 8.02. The van der Waals surface area contributed by atoms with Gasteiger partial charge < -0.3 is 4.74 Å². The van der Waals surface area contributed by atoms with Crippen molar-refractivity contribution in [1.82, 2.24) is 4.72 Å². The molecule has 0 bridgehead atoms. The molecule has 17 heavy (non-hydrogen) atoms. The molecule has 1 saturated heterocycles. The average molecular weight is 263 g/mol. The molecular formula is C12H25NO3S. The molecule has 1 rings (SSSR count). The summed E-state index contributed by atoms with van der Waals surface area (Å²) in [5, 5.41) is 0. The van der Waals surface area contributed by atoms with Crippen LogP contribution in [0, 0.1) is 5.92 Å². The summed E-state index contributed by atoms with van der Waals surface area (Å²) in [5.74, 6) is 0.698. The fraction of sp³-hybridized carbons (Fsp3) is 1.00. The van der Waals surface area contributed by atoms with Crippen LogP contribution in [0.5, 0.6) is 0 Å². The van der Waals surface area contributed by atoms with E-state index >= 15 is 0 Å². The highest BCUT2D eigenvalue weighted by atomic mass is 32.2. The minimum absolute atomic E-state index is 0.0549. The molecule has 0 saturated carbocycles. The summed E-state index contributed by atoms with van der Waals surface area (Å²) in [6.07, 6.45) is 3.99. The topological polar surface area (TPSA) is 55.4 Å². The maximum Gasteiger partial charge on any atom is 0.211 e. The van der Waals surface area contributed by atoms with Crippen LogP contribution >= 0.6 is 0 Å². The standard InChI is InChI=1S/C12H25NO3S/c1-4-10(5-2)12-9-11(7-8-16-12)13-17(14,15)6-3/h10-13H,4-9H2,1-3H3/t11-,12-/m0/s1. The molecule has 1 N–H and O–H groups in total. The molecule has 0 unspecified atom stereocenters. The highest BCUT2D eigenvalue weighted by molar-refractivity contribution is 7.89. The van der Waals surface area contributed by atoms with Crippen LogP contribution in [0.25, 0.3) is 0 Å². The lowest BCUT2D eigenvalue weighted by atomic mass is 9.89. The number of ether oxygens (including phenoxy) is 1. The van der Waals surface area contributed by atoms with Crippen molar-refractivity contribution in [2.24, 2.45) is 5.92 Å². The van der Waals surface area contributed by atoms with Gasteiger partial charge in [0.25, 0.3) is 0 Å². The molecule has 0 spiro atoms. The first kappa shape index (κ1) is 14.9. The van der Waals surface area contributed by atoms with Crippen molar-refractivity contribution < 1.29 is 13.2 Å². The molecule has 102 valence electrons. The van der Waals surface area contributed by atoms with Gasteiger partial charge in [-0.3, -0.25) is 0 Å². The van der Waals surface area contributed by atoms with E-state index in [1.807, 2.05) is 0 Å². The van der Waals surface area contributed by atoms with E-state index in [0.29, 0.717) is 12.5 Å². The Balaban J connectivity index is 2.54. The Morgan fingerprint density at radius 2 is 1.94 bits per heavy atom. The van der Waals surface area contributed by atoms with Crippen LogP contribution in [-0.2, 0) is 14.8 Å². The Bertz CT molecular complexity index is 312. The van der Waals surface area contributed by atoms with Gasteiger partial charge in [0, 0.05) is 12.6 Å². The third-order valence-corrected chi connectivity index (χ3v) is 5.07. The van der Waals surface area contributed by atoms with Gasteiger partial charge in [0.05, 0.1) is 11.9 Å². The molecule has 2 atom stereocenters. The fourth-order valence-electron chi connectivity index (χ4n) is 2.42. The van der Waals surface area contributed by atoms with Crippen molar-refractivity contribution in [1.29, 1.82) is 0 Å². The minimum atomic E-state index is -3.09. The van der Waals surface area contributed by atoms with E-state index in [9.17, 15) is 8.42 Å². The van der Waals surface area contributed by atoms with Crippen molar-refractivity contribution in [3.63, 3.8) is 0 Å². The largest absolute Gasteiger partial charge is 0.378 e. The van der Waals surface area contributed by atoms with Crippen LogP contribution in [-0.4, -0.2) is 32.9 Å². The zero-order chi connectivity index (χ0) is 12.9. The lowest BCUT2D eigenvalue weighted by Crippen LogP contribution is -2.44. The summed E-state index contributed by atoms with van der Waals surface area (Å²) in [4.78, 5) is 0. The molecule has 5 heteroatoms. The highest BCUT2D eigenvalue weighted by Gasteiger charge is 2.29. The Hall–Kier alpha value is -0.130. The lowest BCUT2D eigenvalue weighted by molar-refractivity contribution is -0.0318. The summed E-state index contributed by atoms with van der Waals surface area (Å²) in [7, 11) is -3.09. The van der Waals surface area contributed by atoms with Crippen molar-refractivity contribution in [2.45, 2.75) is 58.6 Å². The van der Waals surface area contributed by atoms with Gasteiger partial charge in [0.2, 0.25) is 10.0 Å². The first-order valence-corrected chi connectivity index (χ1v) is 8.29. The third-order valence-electron chi connectivity index (χ3n) is 3.62. The lowest BCUT2D eigenvalue weighted by Gasteiger charge is -2.34. The smallest absolute Gasteiger partial charge is 0.211 e. The second-order valence-electron chi connectivity index (χ2n) is 4.73. The van der Waals surface area contributed by atoms with Gasteiger partial charge in [0.1, 0.15) is 0 Å². The molecule has 1 aliphatic rings. The summed E-state index contributed by atoms with van der Waals surface area (Å²) < 4.78 is 31.6. The highest BCUT2D eigenvalue weighted by Crippen LogP contribution is 2.25. The zero-order valence-corrected chi connectivity index (χ0v) is 11.9. The van der Waals surface area contributed by atoms with Gasteiger partial charge in [-0.05, 0) is 25.7 Å². The third kappa shape index (κ3) is 4.56. The Morgan fingerprint density at radius 1 is 1.29 bits per heavy atom. The molecule has 0 aromatic carbocycles. The van der Waals surface area contributed by atoms with Gasteiger partial charge in [0.15, 0.2) is 0 Å². The van der Waals surface area contributed by atoms with Gasteiger partial charge >= 0.3 is 0 Å². The van der Waals surface area contributed by atoms with E-state index < -0.39 is 10.0 Å². The summed E-state index contributed by atoms with van der Waals surface area (Å²) >= 11 is 0. The Labute approximate surface area is 105 Å². The van der Waals surface area contributed by atoms with E-state index in [0.717, 1.165) is 25.7 Å². The van der Waals surface area contributed by atoms with Crippen LogP contribution in [0.15, 0.2) is 0 Å². The zero-order valence-electron chi connectivity index (χ0n) is 11.1. The predicted octanol–water partition coefficient (Wildman–Crippen LogP) is 1.91. The quantitative estimate of drug-likeness (QED) is 0.796. The number of sulfonamides is 1. The number of hydrogen-bond acceptors (Lipinski definition) is 3. The number of rotatable bonds is 6. The summed E-state index contributed by atoms with van der Waals surface area (Å²) in [5.41, 5.74) is 0. The molecule has 1 heterocycles. The maximum atomic E-state index is 11.5. The van der Waals surface area contributed by atoms with E-state index in [4.69, 9.17) is 4.74 Å². The van der Waals surface area contributed by atoms with Gasteiger partial charge in [-0.1, -0.05) is 26.7 Å². The second kappa shape index (κ2) is 6.71. The monoisotopic (exact) mass is 263 g/mol. The fourth-order valence-corrected chi connectivity index (χ4v) is 3.30. The van der Waals surface area contributed by atoms with Crippen LogP contribution in [0.3, 0.4) is 0 Å². The van der Waals surface area contributed by atoms with Crippen LogP contribution < -0.4 is 4.72 Å². The van der Waals surface area contributed by atoms with E-state index in [2.05, 4.69) is 18.6 Å². The van der Waals surface area contributed by atoms with Crippen molar-refractivity contribution in [2.75, 3.05) is 12.4 Å². The molecule has 0 aliphatic carbocycles. The van der Waals surface area contributed by atoms with Gasteiger partial charge in [-0.2, -0.15) is 0 Å². The molecule has 0 aromatic rings. The molecule has 1 aliphatic heterocycles. The molecule has 0 radical (unpaired) electrons. The number of nitrogens with one attached hydrogen (secondary N) is 1. The Kier molecular flexibility index (Phi) is 5.89. The van der Waals surface area contributed by atoms with Crippen molar-refractivity contribution in [3.05, 3.63) is 0 Å². The van der Waals surface area contributed by atoms with Gasteiger partial charge in [-0.25, -0.2) is 13.1 Å². The van der Waals surface area contributed by atoms with Crippen molar-refractivity contribution in [3.8, 4) is 0 Å². The minimum Gasteiger partial charge on any atom is -0.378 e. The second-order valence-corrected chi connectivity index (χ2v) is 6.77. The molecule has 4 nitrogen and oxygen atoms in total. The Morgan fingerprint density at radius 3 is 2.47 bits per heavy atom. The predicted molar refractivity (Wildman–Crippen MR) is 69.4 cm³/mol. The normalized spacial score (nSPS) is 26.4. The summed E-state index contributed by atoms with van der Waals surface area (Å²) in [6.45, 7) is 6.66. The molecule has 1 fully saturated rings. The SMILES string of the molecule is CCC(CC)[C@@H]1C[C@@H](NS(=O)(=O)CC)CCO1. The number of hydrogen-bond donors (Lipinski definition) is 1. The van der Waals surface area contributed by atoms with Gasteiger partial charge in [-0.15, -0.1) is 0 Å². The average Bonchev–Trinajstić information content (AvgIpc) is 2.31.